The van der Waals surface area contributed by atoms with Crippen molar-refractivity contribution in [3.05, 3.63) is 29.8 Å². The predicted octanol–water partition coefficient (Wildman–Crippen LogP) is 2.99. The molecule has 0 radical (unpaired) electrons. The molecule has 0 aliphatic rings. The Labute approximate surface area is 117 Å². The van der Waals surface area contributed by atoms with Gasteiger partial charge in [-0.1, -0.05) is 45.9 Å². The van der Waals surface area contributed by atoms with Crippen LogP contribution < -0.4 is 10.1 Å². The summed E-state index contributed by atoms with van der Waals surface area (Å²) < 4.78 is 11.2. The van der Waals surface area contributed by atoms with Crippen LogP contribution in [0.2, 0.25) is 0 Å². The number of hydrogen-bond acceptors (Lipinski definition) is 3. The number of hydrogen-bond donors (Lipinski definition) is 1. The number of benzene rings is 1. The van der Waals surface area contributed by atoms with Crippen molar-refractivity contribution < 1.29 is 9.47 Å². The van der Waals surface area contributed by atoms with Gasteiger partial charge in [-0.2, -0.15) is 0 Å². The zero-order chi connectivity index (χ0) is 14.3. The lowest BCUT2D eigenvalue weighted by Crippen LogP contribution is -2.38. The summed E-state index contributed by atoms with van der Waals surface area (Å²) in [6.07, 6.45) is 0. The molecule has 0 aliphatic heterocycles. The van der Waals surface area contributed by atoms with E-state index in [4.69, 9.17) is 9.47 Å². The Hall–Kier alpha value is -1.06. The number of ether oxygens (including phenoxy) is 2. The van der Waals surface area contributed by atoms with Gasteiger partial charge in [-0.05, 0) is 23.6 Å². The van der Waals surface area contributed by atoms with Crippen molar-refractivity contribution in [2.75, 3.05) is 26.9 Å². The molecule has 0 aliphatic carbocycles. The van der Waals surface area contributed by atoms with E-state index in [-0.39, 0.29) is 11.5 Å². The lowest BCUT2D eigenvalue weighted by Gasteiger charge is -2.24. The molecule has 0 heterocycles. The normalized spacial score (nSPS) is 13.3. The van der Waals surface area contributed by atoms with Gasteiger partial charge in [0.05, 0.1) is 12.6 Å². The van der Waals surface area contributed by atoms with Crippen LogP contribution in [0.3, 0.4) is 0 Å². The summed E-state index contributed by atoms with van der Waals surface area (Å²) in [5.41, 5.74) is 1.33. The topological polar surface area (TPSA) is 30.5 Å². The van der Waals surface area contributed by atoms with Crippen molar-refractivity contribution in [2.24, 2.45) is 0 Å². The van der Waals surface area contributed by atoms with Crippen LogP contribution in [-0.2, 0) is 10.2 Å². The molecule has 0 aromatic heterocycles. The Morgan fingerprint density at radius 3 is 2.42 bits per heavy atom. The van der Waals surface area contributed by atoms with E-state index in [2.05, 4.69) is 45.1 Å². The summed E-state index contributed by atoms with van der Waals surface area (Å²) in [6.45, 7) is 10.9. The molecule has 0 fully saturated rings. The molecular formula is C16H27NO2. The molecule has 19 heavy (non-hydrogen) atoms. The fourth-order valence-corrected chi connectivity index (χ4v) is 2.06. The average Bonchev–Trinajstić information content (AvgIpc) is 2.36. The maximum Gasteiger partial charge on any atom is 0.123 e. The number of nitrogens with one attached hydrogen (secondary N) is 1. The van der Waals surface area contributed by atoms with Crippen LogP contribution in [0.5, 0.6) is 5.75 Å². The molecule has 0 spiro atoms. The Kier molecular flexibility index (Phi) is 6.32. The second kappa shape index (κ2) is 7.51. The highest BCUT2D eigenvalue weighted by Gasteiger charge is 2.19. The van der Waals surface area contributed by atoms with E-state index in [9.17, 15) is 0 Å². The smallest absolute Gasteiger partial charge is 0.123 e. The molecule has 1 N–H and O–H groups in total. The molecule has 1 aromatic carbocycles. The van der Waals surface area contributed by atoms with Gasteiger partial charge in [-0.3, -0.25) is 0 Å². The third-order valence-electron chi connectivity index (χ3n) is 3.00. The van der Waals surface area contributed by atoms with Crippen LogP contribution in [0, 0.1) is 0 Å². The van der Waals surface area contributed by atoms with Gasteiger partial charge in [0, 0.05) is 7.11 Å². The van der Waals surface area contributed by atoms with Gasteiger partial charge in [0.2, 0.25) is 0 Å². The summed E-state index contributed by atoms with van der Waals surface area (Å²) >= 11 is 0. The van der Waals surface area contributed by atoms with Crippen LogP contribution in [0.15, 0.2) is 24.3 Å². The monoisotopic (exact) mass is 265 g/mol. The quantitative estimate of drug-likeness (QED) is 0.822. The lowest BCUT2D eigenvalue weighted by atomic mass is 9.86. The number of methoxy groups -OCH3 is 1. The Balaban J connectivity index is 2.71. The Morgan fingerprint density at radius 2 is 1.84 bits per heavy atom. The van der Waals surface area contributed by atoms with E-state index < -0.39 is 0 Å². The highest BCUT2D eigenvalue weighted by Crippen LogP contribution is 2.30. The fraction of sp³-hybridized carbons (Fsp3) is 0.625. The van der Waals surface area contributed by atoms with Gasteiger partial charge >= 0.3 is 0 Å². The summed E-state index contributed by atoms with van der Waals surface area (Å²) in [5.74, 6) is 0.967. The second-order valence-corrected chi connectivity index (χ2v) is 5.77. The third kappa shape index (κ3) is 5.21. The number of likely N-dealkylation sites (N-methyl/N-ethyl adjacent to an activating group) is 1. The zero-order valence-electron chi connectivity index (χ0n) is 12.8. The first-order valence-electron chi connectivity index (χ1n) is 6.93. The lowest BCUT2D eigenvalue weighted by molar-refractivity contribution is 0.136. The first-order chi connectivity index (χ1) is 8.99. The molecule has 1 unspecified atom stereocenters. The van der Waals surface area contributed by atoms with Gasteiger partial charge < -0.3 is 14.8 Å². The Morgan fingerprint density at radius 1 is 1.16 bits per heavy atom. The Bertz CT molecular complexity index is 365. The molecule has 108 valence electrons. The van der Waals surface area contributed by atoms with Gasteiger partial charge in [0.25, 0.3) is 0 Å². The molecule has 3 nitrogen and oxygen atoms in total. The third-order valence-corrected chi connectivity index (χ3v) is 3.00. The minimum atomic E-state index is 0.0888. The molecule has 0 saturated heterocycles. The molecule has 0 saturated carbocycles. The fourth-order valence-electron chi connectivity index (χ4n) is 2.06. The van der Waals surface area contributed by atoms with E-state index in [0.717, 1.165) is 12.3 Å². The van der Waals surface area contributed by atoms with Crippen molar-refractivity contribution in [3.63, 3.8) is 0 Å². The van der Waals surface area contributed by atoms with Crippen LogP contribution in [0.25, 0.3) is 0 Å². The summed E-state index contributed by atoms with van der Waals surface area (Å²) in [6, 6.07) is 8.47. The van der Waals surface area contributed by atoms with E-state index in [0.29, 0.717) is 13.2 Å². The van der Waals surface area contributed by atoms with Gasteiger partial charge in [0.1, 0.15) is 12.4 Å². The molecule has 3 heteroatoms. The van der Waals surface area contributed by atoms with Crippen molar-refractivity contribution in [1.82, 2.24) is 5.32 Å². The van der Waals surface area contributed by atoms with Crippen LogP contribution in [0.1, 0.15) is 33.3 Å². The summed E-state index contributed by atoms with van der Waals surface area (Å²) in [4.78, 5) is 0. The maximum absolute atomic E-state index is 5.99. The molecule has 0 amide bonds. The molecule has 1 rings (SSSR count). The first-order valence-corrected chi connectivity index (χ1v) is 6.93. The van der Waals surface area contributed by atoms with Crippen molar-refractivity contribution in [2.45, 2.75) is 39.2 Å². The minimum absolute atomic E-state index is 0.0888. The van der Waals surface area contributed by atoms with Gasteiger partial charge in [-0.15, -0.1) is 0 Å². The van der Waals surface area contributed by atoms with E-state index in [1.807, 2.05) is 12.1 Å². The number of rotatable bonds is 7. The van der Waals surface area contributed by atoms with Gasteiger partial charge in [-0.25, -0.2) is 0 Å². The van der Waals surface area contributed by atoms with Crippen molar-refractivity contribution in [3.8, 4) is 5.75 Å². The minimum Gasteiger partial charge on any atom is -0.492 e. The maximum atomic E-state index is 5.99. The highest BCUT2D eigenvalue weighted by atomic mass is 16.5. The largest absolute Gasteiger partial charge is 0.492 e. The first kappa shape index (κ1) is 16.0. The van der Waals surface area contributed by atoms with Crippen LogP contribution in [0.4, 0.5) is 0 Å². The SMILES string of the molecule is CCNC(COC)COc1ccccc1C(C)(C)C. The molecule has 1 atom stereocenters. The van der Waals surface area contributed by atoms with Crippen molar-refractivity contribution >= 4 is 0 Å². The molecular weight excluding hydrogens is 238 g/mol. The van der Waals surface area contributed by atoms with Crippen LogP contribution in [-0.4, -0.2) is 32.9 Å². The molecule has 1 aromatic rings. The van der Waals surface area contributed by atoms with Crippen molar-refractivity contribution in [1.29, 1.82) is 0 Å². The number of para-hydroxylation sites is 1. The van der Waals surface area contributed by atoms with E-state index in [1.54, 1.807) is 7.11 Å². The van der Waals surface area contributed by atoms with Gasteiger partial charge in [0.15, 0.2) is 0 Å². The van der Waals surface area contributed by atoms with Crippen LogP contribution >= 0.6 is 0 Å². The zero-order valence-corrected chi connectivity index (χ0v) is 12.8. The summed E-state index contributed by atoms with van der Waals surface area (Å²) in [7, 11) is 1.72. The molecule has 0 bridgehead atoms. The van der Waals surface area contributed by atoms with E-state index >= 15 is 0 Å². The average molecular weight is 265 g/mol. The van der Waals surface area contributed by atoms with E-state index in [1.165, 1.54) is 5.56 Å². The predicted molar refractivity (Wildman–Crippen MR) is 80.0 cm³/mol. The standard InChI is InChI=1S/C16H27NO2/c1-6-17-13(11-18-5)12-19-15-10-8-7-9-14(15)16(2,3)4/h7-10,13,17H,6,11-12H2,1-5H3. The highest BCUT2D eigenvalue weighted by molar-refractivity contribution is 5.38. The summed E-state index contributed by atoms with van der Waals surface area (Å²) in [5, 5.41) is 3.36. The second-order valence-electron chi connectivity index (χ2n) is 5.77.